The van der Waals surface area contributed by atoms with Gasteiger partial charge in [0, 0.05) is 18.8 Å². The van der Waals surface area contributed by atoms with Crippen LogP contribution in [0, 0.1) is 5.92 Å². The summed E-state index contributed by atoms with van der Waals surface area (Å²) >= 11 is 0. The van der Waals surface area contributed by atoms with Crippen molar-refractivity contribution in [3.63, 3.8) is 0 Å². The number of Topliss-reactive ketones (excluding diaryl/α,β-unsaturated/α-hetero) is 1. The zero-order chi connectivity index (χ0) is 15.6. The molecule has 0 amide bonds. The topological polar surface area (TPSA) is 55.8 Å². The van der Waals surface area contributed by atoms with E-state index >= 15 is 0 Å². The largest absolute Gasteiger partial charge is 0.388 e. The van der Waals surface area contributed by atoms with E-state index in [1.807, 2.05) is 30.3 Å². The maximum Gasteiger partial charge on any atom is 0.169 e. The van der Waals surface area contributed by atoms with Crippen molar-refractivity contribution in [1.29, 1.82) is 0 Å². The predicted octanol–water partition coefficient (Wildman–Crippen LogP) is 3.00. The Kier molecular flexibility index (Phi) is 4.62. The molecule has 1 heterocycles. The van der Waals surface area contributed by atoms with Crippen LogP contribution in [0.1, 0.15) is 50.7 Å². The molecule has 2 aliphatic rings. The van der Waals surface area contributed by atoms with Gasteiger partial charge >= 0.3 is 0 Å². The monoisotopic (exact) mass is 304 g/mol. The highest BCUT2D eigenvalue weighted by Crippen LogP contribution is 2.39. The van der Waals surface area contributed by atoms with Gasteiger partial charge in [-0.2, -0.15) is 0 Å². The molecule has 1 spiro atoms. The second-order valence-corrected chi connectivity index (χ2v) is 6.44. The predicted molar refractivity (Wildman–Crippen MR) is 82.2 cm³/mol. The van der Waals surface area contributed by atoms with Crippen LogP contribution in [-0.4, -0.2) is 29.4 Å². The zero-order valence-electron chi connectivity index (χ0n) is 13.0. The molecule has 0 bridgehead atoms. The van der Waals surface area contributed by atoms with E-state index < -0.39 is 23.9 Å². The maximum atomic E-state index is 12.6. The normalized spacial score (nSPS) is 26.7. The van der Waals surface area contributed by atoms with Crippen LogP contribution in [0.3, 0.4) is 0 Å². The van der Waals surface area contributed by atoms with Gasteiger partial charge in [0.25, 0.3) is 0 Å². The highest BCUT2D eigenvalue weighted by atomic mass is 16.7. The van der Waals surface area contributed by atoms with Gasteiger partial charge in [0.2, 0.25) is 0 Å². The minimum Gasteiger partial charge on any atom is -0.388 e. The molecule has 0 radical (unpaired) electrons. The fourth-order valence-electron chi connectivity index (χ4n) is 3.44. The number of hydrogen-bond donors (Lipinski definition) is 1. The maximum absolute atomic E-state index is 12.6. The Morgan fingerprint density at radius 3 is 2.59 bits per heavy atom. The SMILES string of the molecule is C[C@@H](C(=O)[C@@H]1COC2(CCCCC2)O1)[C@@H](O)c1ccccc1. The molecular weight excluding hydrogens is 280 g/mol. The second-order valence-electron chi connectivity index (χ2n) is 6.44. The molecular formula is C18H24O4. The number of carbonyl (C=O) groups excluding carboxylic acids is 1. The van der Waals surface area contributed by atoms with E-state index in [1.165, 1.54) is 6.42 Å². The first-order valence-electron chi connectivity index (χ1n) is 8.20. The smallest absolute Gasteiger partial charge is 0.169 e. The van der Waals surface area contributed by atoms with Gasteiger partial charge in [-0.05, 0) is 18.4 Å². The Morgan fingerprint density at radius 2 is 1.91 bits per heavy atom. The number of benzene rings is 1. The Bertz CT molecular complexity index is 507. The molecule has 0 aromatic heterocycles. The van der Waals surface area contributed by atoms with Crippen molar-refractivity contribution in [1.82, 2.24) is 0 Å². The van der Waals surface area contributed by atoms with Gasteiger partial charge in [0.15, 0.2) is 11.6 Å². The van der Waals surface area contributed by atoms with Crippen molar-refractivity contribution in [2.45, 2.75) is 57.0 Å². The first-order valence-corrected chi connectivity index (χ1v) is 8.20. The Labute approximate surface area is 131 Å². The van der Waals surface area contributed by atoms with Crippen molar-refractivity contribution in [2.24, 2.45) is 5.92 Å². The van der Waals surface area contributed by atoms with Crippen LogP contribution in [0.5, 0.6) is 0 Å². The van der Waals surface area contributed by atoms with Crippen LogP contribution >= 0.6 is 0 Å². The number of aliphatic hydroxyl groups excluding tert-OH is 1. The van der Waals surface area contributed by atoms with E-state index in [0.717, 1.165) is 31.2 Å². The van der Waals surface area contributed by atoms with Gasteiger partial charge in [0.05, 0.1) is 12.7 Å². The van der Waals surface area contributed by atoms with Crippen LogP contribution < -0.4 is 0 Å². The number of carbonyl (C=O) groups is 1. The van der Waals surface area contributed by atoms with Gasteiger partial charge in [-0.25, -0.2) is 0 Å². The molecule has 2 fully saturated rings. The van der Waals surface area contributed by atoms with Crippen LogP contribution in [0.15, 0.2) is 30.3 Å². The molecule has 3 atom stereocenters. The van der Waals surface area contributed by atoms with Gasteiger partial charge in [-0.15, -0.1) is 0 Å². The molecule has 4 heteroatoms. The third-order valence-corrected chi connectivity index (χ3v) is 4.85. The summed E-state index contributed by atoms with van der Waals surface area (Å²) in [6.07, 6.45) is 3.76. The third kappa shape index (κ3) is 3.09. The molecule has 1 aliphatic heterocycles. The van der Waals surface area contributed by atoms with E-state index in [1.54, 1.807) is 6.92 Å². The number of rotatable bonds is 4. The number of aliphatic hydroxyl groups is 1. The average Bonchev–Trinajstić information content (AvgIpc) is 2.97. The van der Waals surface area contributed by atoms with Crippen LogP contribution in [-0.2, 0) is 14.3 Å². The lowest BCUT2D eigenvalue weighted by Gasteiger charge is -2.31. The summed E-state index contributed by atoms with van der Waals surface area (Å²) in [7, 11) is 0. The molecule has 1 N–H and O–H groups in total. The van der Waals surface area contributed by atoms with Crippen LogP contribution in [0.4, 0.5) is 0 Å². The molecule has 3 rings (SSSR count). The number of hydrogen-bond acceptors (Lipinski definition) is 4. The molecule has 22 heavy (non-hydrogen) atoms. The summed E-state index contributed by atoms with van der Waals surface area (Å²) < 4.78 is 11.8. The quantitative estimate of drug-likeness (QED) is 0.929. The van der Waals surface area contributed by atoms with Gasteiger partial charge in [0.1, 0.15) is 6.10 Å². The molecule has 4 nitrogen and oxygen atoms in total. The minimum absolute atomic E-state index is 0.0706. The number of ketones is 1. The minimum atomic E-state index is -0.805. The Morgan fingerprint density at radius 1 is 1.23 bits per heavy atom. The van der Waals surface area contributed by atoms with E-state index in [2.05, 4.69) is 0 Å². The molecule has 0 unspecified atom stereocenters. The highest BCUT2D eigenvalue weighted by molar-refractivity contribution is 5.86. The molecule has 1 aromatic carbocycles. The standard InChI is InChI=1S/C18H24O4/c1-13(16(19)14-8-4-2-5-9-14)17(20)15-12-21-18(22-15)10-6-3-7-11-18/h2,4-5,8-9,13,15-16,19H,3,6-7,10-12H2,1H3/t13-,15+,16-/m1/s1. The van der Waals surface area contributed by atoms with Gasteiger partial charge < -0.3 is 14.6 Å². The fraction of sp³-hybridized carbons (Fsp3) is 0.611. The summed E-state index contributed by atoms with van der Waals surface area (Å²) in [4.78, 5) is 12.6. The summed E-state index contributed by atoms with van der Waals surface area (Å²) in [6, 6.07) is 9.29. The van der Waals surface area contributed by atoms with E-state index in [0.29, 0.717) is 6.61 Å². The lowest BCUT2D eigenvalue weighted by molar-refractivity contribution is -0.190. The summed E-state index contributed by atoms with van der Waals surface area (Å²) in [5, 5.41) is 10.4. The van der Waals surface area contributed by atoms with Gasteiger partial charge in [-0.3, -0.25) is 4.79 Å². The molecule has 120 valence electrons. The average molecular weight is 304 g/mol. The summed E-state index contributed by atoms with van der Waals surface area (Å²) in [5.74, 6) is -1.12. The lowest BCUT2D eigenvalue weighted by atomic mass is 9.91. The highest BCUT2D eigenvalue weighted by Gasteiger charge is 2.46. The first-order chi connectivity index (χ1) is 10.6. The zero-order valence-corrected chi connectivity index (χ0v) is 13.0. The van der Waals surface area contributed by atoms with E-state index in [-0.39, 0.29) is 5.78 Å². The van der Waals surface area contributed by atoms with Crippen LogP contribution in [0.25, 0.3) is 0 Å². The van der Waals surface area contributed by atoms with Crippen molar-refractivity contribution < 1.29 is 19.4 Å². The summed E-state index contributed by atoms with van der Waals surface area (Å²) in [5.41, 5.74) is 0.759. The van der Waals surface area contributed by atoms with Crippen molar-refractivity contribution in [3.05, 3.63) is 35.9 Å². The van der Waals surface area contributed by atoms with Crippen molar-refractivity contribution in [2.75, 3.05) is 6.61 Å². The van der Waals surface area contributed by atoms with E-state index in [9.17, 15) is 9.90 Å². The number of ether oxygens (including phenoxy) is 2. The second kappa shape index (κ2) is 6.49. The lowest BCUT2D eigenvalue weighted by Crippen LogP contribution is -2.37. The van der Waals surface area contributed by atoms with Gasteiger partial charge in [-0.1, -0.05) is 43.7 Å². The molecule has 1 aromatic rings. The fourth-order valence-corrected chi connectivity index (χ4v) is 3.44. The Balaban J connectivity index is 1.64. The van der Waals surface area contributed by atoms with Crippen LogP contribution in [0.2, 0.25) is 0 Å². The molecule has 1 saturated heterocycles. The molecule has 1 saturated carbocycles. The summed E-state index contributed by atoms with van der Waals surface area (Å²) in [6.45, 7) is 2.07. The van der Waals surface area contributed by atoms with Crippen molar-refractivity contribution in [3.8, 4) is 0 Å². The molecule has 1 aliphatic carbocycles. The third-order valence-electron chi connectivity index (χ3n) is 4.85. The Hall–Kier alpha value is -1.23. The first kappa shape index (κ1) is 15.7. The van der Waals surface area contributed by atoms with E-state index in [4.69, 9.17) is 9.47 Å². The van der Waals surface area contributed by atoms with Crippen molar-refractivity contribution >= 4 is 5.78 Å².